The molecular formula is C19H19N3O7S. The number of imide groups is 1. The number of esters is 1. The van der Waals surface area contributed by atoms with Gasteiger partial charge in [-0.3, -0.25) is 24.1 Å². The van der Waals surface area contributed by atoms with Gasteiger partial charge in [0, 0.05) is 31.5 Å². The highest BCUT2D eigenvalue weighted by Crippen LogP contribution is 2.37. The first-order chi connectivity index (χ1) is 14.5. The van der Waals surface area contributed by atoms with Crippen LogP contribution < -0.4 is 14.3 Å². The molecule has 0 unspecified atom stereocenters. The number of fused-ring (bicyclic) bond motifs is 2. The third kappa shape index (κ3) is 3.92. The molecule has 4 rings (SSSR count). The molecule has 1 aromatic heterocycles. The summed E-state index contributed by atoms with van der Waals surface area (Å²) < 4.78 is 18.3. The molecule has 0 bridgehead atoms. The van der Waals surface area contributed by atoms with E-state index in [4.69, 9.17) is 14.2 Å². The normalized spacial score (nSPS) is 16.0. The smallest absolute Gasteiger partial charge is 0.307 e. The Kier molecular flexibility index (Phi) is 5.53. The van der Waals surface area contributed by atoms with Crippen molar-refractivity contribution in [2.45, 2.75) is 32.7 Å². The summed E-state index contributed by atoms with van der Waals surface area (Å²) in [6.45, 7) is 1.98. The third-order valence-electron chi connectivity index (χ3n) is 4.69. The molecule has 0 radical (unpaired) electrons. The zero-order chi connectivity index (χ0) is 21.3. The Hall–Kier alpha value is -3.21. The van der Waals surface area contributed by atoms with Gasteiger partial charge >= 0.3 is 5.97 Å². The lowest BCUT2D eigenvalue weighted by atomic mass is 10.3. The van der Waals surface area contributed by atoms with Crippen molar-refractivity contribution in [1.82, 2.24) is 9.47 Å². The van der Waals surface area contributed by atoms with Gasteiger partial charge in [0.2, 0.25) is 18.6 Å². The minimum Gasteiger partial charge on any atom is -0.466 e. The summed E-state index contributed by atoms with van der Waals surface area (Å²) in [5.74, 6) is -0.573. The first kappa shape index (κ1) is 20.1. The van der Waals surface area contributed by atoms with E-state index in [-0.39, 0.29) is 57.0 Å². The van der Waals surface area contributed by atoms with Gasteiger partial charge in [0.25, 0.3) is 5.91 Å². The van der Waals surface area contributed by atoms with Crippen molar-refractivity contribution in [2.75, 3.05) is 19.9 Å². The number of carbonyl (C=O) groups is 4. The van der Waals surface area contributed by atoms with E-state index < -0.39 is 12.5 Å². The van der Waals surface area contributed by atoms with E-state index >= 15 is 0 Å². The Labute approximate surface area is 174 Å². The Balaban J connectivity index is 1.68. The number of thiazole rings is 1. The van der Waals surface area contributed by atoms with Gasteiger partial charge in [-0.1, -0.05) is 11.3 Å². The van der Waals surface area contributed by atoms with Gasteiger partial charge in [0.05, 0.1) is 23.2 Å². The number of aromatic nitrogens is 1. The molecule has 0 saturated carbocycles. The molecule has 3 heterocycles. The average molecular weight is 433 g/mol. The molecular weight excluding hydrogens is 414 g/mol. The fraction of sp³-hybridized carbons (Fsp3) is 0.421. The van der Waals surface area contributed by atoms with E-state index in [9.17, 15) is 19.2 Å². The predicted molar refractivity (Wildman–Crippen MR) is 104 cm³/mol. The molecule has 10 nitrogen and oxygen atoms in total. The molecule has 11 heteroatoms. The lowest BCUT2D eigenvalue weighted by Crippen LogP contribution is -2.34. The number of likely N-dealkylation sites (tertiary alicyclic amines) is 1. The summed E-state index contributed by atoms with van der Waals surface area (Å²) >= 11 is 1.24. The molecule has 1 aromatic carbocycles. The second kappa shape index (κ2) is 8.27. The maximum Gasteiger partial charge on any atom is 0.307 e. The second-order valence-electron chi connectivity index (χ2n) is 6.64. The fourth-order valence-corrected chi connectivity index (χ4v) is 4.36. The summed E-state index contributed by atoms with van der Waals surface area (Å²) in [7, 11) is 0. The van der Waals surface area contributed by atoms with Crippen molar-refractivity contribution < 1.29 is 33.4 Å². The van der Waals surface area contributed by atoms with Gasteiger partial charge in [-0.25, -0.2) is 0 Å². The maximum atomic E-state index is 12.5. The molecule has 2 aliphatic heterocycles. The van der Waals surface area contributed by atoms with Crippen LogP contribution in [-0.4, -0.2) is 53.1 Å². The van der Waals surface area contributed by atoms with Crippen LogP contribution in [0.4, 0.5) is 0 Å². The SMILES string of the molecule is CCOC(=O)CCn1c(=NC(=O)CN2C(=O)CCC2=O)sc2cc3c(cc21)OCO3. The zero-order valence-corrected chi connectivity index (χ0v) is 17.0. The third-order valence-corrected chi connectivity index (χ3v) is 5.73. The molecule has 2 aliphatic rings. The summed E-state index contributed by atoms with van der Waals surface area (Å²) in [6, 6.07) is 3.57. The Morgan fingerprint density at radius 1 is 1.17 bits per heavy atom. The zero-order valence-electron chi connectivity index (χ0n) is 16.2. The van der Waals surface area contributed by atoms with E-state index in [1.807, 2.05) is 0 Å². The first-order valence-corrected chi connectivity index (χ1v) is 10.3. The Bertz CT molecular complexity index is 1100. The number of aryl methyl sites for hydroxylation is 1. The Morgan fingerprint density at radius 2 is 1.87 bits per heavy atom. The molecule has 0 spiro atoms. The number of hydrogen-bond acceptors (Lipinski definition) is 8. The largest absolute Gasteiger partial charge is 0.466 e. The lowest BCUT2D eigenvalue weighted by molar-refractivity contribution is -0.143. The fourth-order valence-electron chi connectivity index (χ4n) is 3.27. The highest BCUT2D eigenvalue weighted by molar-refractivity contribution is 7.16. The number of hydrogen-bond donors (Lipinski definition) is 0. The van der Waals surface area contributed by atoms with E-state index in [2.05, 4.69) is 4.99 Å². The van der Waals surface area contributed by atoms with Crippen molar-refractivity contribution in [3.05, 3.63) is 16.9 Å². The first-order valence-electron chi connectivity index (χ1n) is 9.45. The number of ether oxygens (including phenoxy) is 3. The van der Waals surface area contributed by atoms with Crippen molar-refractivity contribution in [3.8, 4) is 11.5 Å². The maximum absolute atomic E-state index is 12.5. The van der Waals surface area contributed by atoms with Crippen LogP contribution in [0, 0.1) is 0 Å². The van der Waals surface area contributed by atoms with E-state index in [1.54, 1.807) is 23.6 Å². The van der Waals surface area contributed by atoms with Crippen molar-refractivity contribution in [1.29, 1.82) is 0 Å². The highest BCUT2D eigenvalue weighted by Gasteiger charge is 2.30. The van der Waals surface area contributed by atoms with Crippen LogP contribution in [0.3, 0.4) is 0 Å². The van der Waals surface area contributed by atoms with Gasteiger partial charge in [-0.15, -0.1) is 0 Å². The molecule has 1 saturated heterocycles. The van der Waals surface area contributed by atoms with Crippen LogP contribution in [0.5, 0.6) is 11.5 Å². The summed E-state index contributed by atoms with van der Waals surface area (Å²) in [6.07, 6.45) is 0.318. The van der Waals surface area contributed by atoms with Gasteiger partial charge in [0.15, 0.2) is 16.3 Å². The van der Waals surface area contributed by atoms with Gasteiger partial charge in [0.1, 0.15) is 6.54 Å². The lowest BCUT2D eigenvalue weighted by Gasteiger charge is -2.10. The van der Waals surface area contributed by atoms with Crippen LogP contribution in [-0.2, 0) is 30.5 Å². The van der Waals surface area contributed by atoms with Crippen molar-refractivity contribution >= 4 is 45.2 Å². The number of rotatable bonds is 6. The summed E-state index contributed by atoms with van der Waals surface area (Å²) in [5.41, 5.74) is 0.730. The quantitative estimate of drug-likeness (QED) is 0.492. The van der Waals surface area contributed by atoms with Gasteiger partial charge in [-0.2, -0.15) is 4.99 Å². The number of benzene rings is 1. The van der Waals surface area contributed by atoms with Crippen LogP contribution in [0.25, 0.3) is 10.2 Å². The average Bonchev–Trinajstić information content (AvgIpc) is 3.38. The minimum absolute atomic E-state index is 0.0958. The number of nitrogens with zero attached hydrogens (tertiary/aromatic N) is 3. The van der Waals surface area contributed by atoms with E-state index in [1.165, 1.54) is 11.3 Å². The molecule has 0 N–H and O–H groups in total. The minimum atomic E-state index is -0.616. The van der Waals surface area contributed by atoms with Crippen LogP contribution in [0.2, 0.25) is 0 Å². The highest BCUT2D eigenvalue weighted by atomic mass is 32.1. The molecule has 30 heavy (non-hydrogen) atoms. The van der Waals surface area contributed by atoms with Crippen molar-refractivity contribution in [2.24, 2.45) is 4.99 Å². The van der Waals surface area contributed by atoms with E-state index in [0.29, 0.717) is 16.3 Å². The van der Waals surface area contributed by atoms with Crippen LogP contribution >= 0.6 is 11.3 Å². The summed E-state index contributed by atoms with van der Waals surface area (Å²) in [5, 5.41) is 0. The van der Waals surface area contributed by atoms with E-state index in [0.717, 1.165) is 15.1 Å². The topological polar surface area (TPSA) is 116 Å². The molecule has 0 atom stereocenters. The monoisotopic (exact) mass is 433 g/mol. The van der Waals surface area contributed by atoms with Gasteiger partial charge in [-0.05, 0) is 6.92 Å². The number of carbonyl (C=O) groups excluding carboxylic acids is 4. The molecule has 3 amide bonds. The van der Waals surface area contributed by atoms with Crippen molar-refractivity contribution in [3.63, 3.8) is 0 Å². The van der Waals surface area contributed by atoms with Gasteiger partial charge < -0.3 is 18.8 Å². The second-order valence-corrected chi connectivity index (χ2v) is 7.65. The Morgan fingerprint density at radius 3 is 2.57 bits per heavy atom. The van der Waals surface area contributed by atoms with Crippen LogP contribution in [0.1, 0.15) is 26.2 Å². The number of amides is 3. The molecule has 158 valence electrons. The summed E-state index contributed by atoms with van der Waals surface area (Å²) in [4.78, 5) is 53.2. The molecule has 2 aromatic rings. The molecule has 0 aliphatic carbocycles. The standard InChI is InChI=1S/C19H19N3O7S/c1-2-27-18(26)5-6-21-11-7-12-13(29-10-28-12)8-14(11)30-19(21)20-15(23)9-22-16(24)3-4-17(22)25/h7-8H,2-6,9-10H2,1H3. The predicted octanol–water partition coefficient (Wildman–Crippen LogP) is 0.961. The molecule has 1 fully saturated rings. The van der Waals surface area contributed by atoms with Crippen LogP contribution in [0.15, 0.2) is 17.1 Å².